The number of aromatic amines is 1. The number of rotatable bonds is 4. The fourth-order valence-corrected chi connectivity index (χ4v) is 2.72. The van der Waals surface area contributed by atoms with Gasteiger partial charge in [-0.15, -0.1) is 0 Å². The van der Waals surface area contributed by atoms with Crippen molar-refractivity contribution in [1.82, 2.24) is 19.5 Å². The number of fused-ring (bicyclic) bond motifs is 1. The van der Waals surface area contributed by atoms with Crippen molar-refractivity contribution in [2.75, 3.05) is 12.3 Å². The summed E-state index contributed by atoms with van der Waals surface area (Å²) in [7, 11) is -5.26. The van der Waals surface area contributed by atoms with Gasteiger partial charge in [0, 0.05) is 0 Å². The van der Waals surface area contributed by atoms with E-state index in [9.17, 15) is 29.4 Å². The van der Waals surface area contributed by atoms with Crippen LogP contribution in [0, 0.1) is 0 Å². The molecule has 1 saturated heterocycles. The zero-order chi connectivity index (χ0) is 17.6. The number of nitrogen functional groups attached to an aromatic ring is 1. The Hall–Kier alpha value is -0.665. The molecule has 26 heavy (non-hydrogen) atoms. The second-order valence-corrected chi connectivity index (χ2v) is 6.22. The van der Waals surface area contributed by atoms with Gasteiger partial charge in [-0.3, -0.25) is 14.3 Å². The van der Waals surface area contributed by atoms with Crippen molar-refractivity contribution in [2.45, 2.75) is 24.5 Å². The molecule has 0 spiro atoms. The first-order chi connectivity index (χ1) is 11.2. The van der Waals surface area contributed by atoms with Gasteiger partial charge in [0.25, 0.3) is 5.56 Å². The van der Waals surface area contributed by atoms with E-state index in [1.165, 1.54) is 0 Å². The average Bonchev–Trinajstić information content (AvgIpc) is 3.00. The maximum absolute atomic E-state index is 11.7. The molecule has 0 saturated carbocycles. The van der Waals surface area contributed by atoms with Crippen LogP contribution in [0.3, 0.4) is 0 Å². The van der Waals surface area contributed by atoms with E-state index >= 15 is 0 Å². The fraction of sp³-hybridized carbons (Fsp3) is 0.500. The zero-order valence-electron chi connectivity index (χ0n) is 13.8. The standard InChI is InChI=1S/C10H14N5O8P.2Li/c11-10-13-7-4(8(18)14-10)12-2-15(7)9-6(17)5(16)3(23-9)1-22-24(19,20)21;;/h2-3,5-6,9,16-17H,1H2,(H2,19,20,21)(H3,11,13,14,18);;/q;2*+1/p-2/t3-,5-,6-,9-;;/m1../s1/i11+1,12+1,13+1,14+1,15+1;;. The maximum Gasteiger partial charge on any atom is 1.00 e. The molecule has 0 aliphatic carbocycles. The van der Waals surface area contributed by atoms with Crippen molar-refractivity contribution in [3.05, 3.63) is 16.7 Å². The molecule has 5 N–H and O–H groups in total. The molecule has 0 unspecified atom stereocenters. The number of hydrogen-bond donors (Lipinski definition) is 4. The van der Waals surface area contributed by atoms with Gasteiger partial charge in [-0.25, -0.2) is 4.98 Å². The van der Waals surface area contributed by atoms with Gasteiger partial charge in [-0.1, -0.05) is 0 Å². The molecule has 4 atom stereocenters. The molecule has 16 heteroatoms. The van der Waals surface area contributed by atoms with Crippen LogP contribution in [0.2, 0.25) is 0 Å². The summed E-state index contributed by atoms with van der Waals surface area (Å²) in [5.41, 5.74) is 4.77. The monoisotopic (exact) mass is 380 g/mol. The van der Waals surface area contributed by atoms with E-state index in [1.807, 2.05) is 0 Å². The summed E-state index contributed by atoms with van der Waals surface area (Å²) >= 11 is 0. The largest absolute Gasteiger partial charge is 1.00 e. The van der Waals surface area contributed by atoms with Crippen molar-refractivity contribution in [2.24, 2.45) is 0 Å². The normalized spacial score (nSPS) is 25.7. The molecule has 1 aliphatic heterocycles. The molecule has 13 nitrogen and oxygen atoms in total. The number of phosphoric acid groups is 1. The molecular weight excluding hydrogens is 368 g/mol. The number of H-pyrrole nitrogens is 1. The second-order valence-electron chi connectivity index (χ2n) is 5.06. The van der Waals surface area contributed by atoms with Crippen LogP contribution in [0.25, 0.3) is 11.2 Å². The summed E-state index contributed by atoms with van der Waals surface area (Å²) < 4.78 is 21.0. The third-order valence-electron chi connectivity index (χ3n) is 3.46. The molecule has 0 aromatic carbocycles. The molecule has 1 aliphatic rings. The summed E-state index contributed by atoms with van der Waals surface area (Å²) in [6, 6.07) is 0. The third kappa shape index (κ3) is 4.59. The Morgan fingerprint density at radius 2 is 2.04 bits per heavy atom. The van der Waals surface area contributed by atoms with Crippen LogP contribution in [0.4, 0.5) is 5.95 Å². The number of ether oxygens (including phenoxy) is 1. The molecule has 132 valence electrons. The molecule has 2 aromatic rings. The molecule has 3 heterocycles. The number of aliphatic hydroxyl groups is 2. The number of nitrogens with one attached hydrogen (secondary N) is 1. The van der Waals surface area contributed by atoms with Crippen LogP contribution in [0.15, 0.2) is 11.1 Å². The Bertz CT molecular complexity index is 871. The molecule has 0 radical (unpaired) electrons. The van der Waals surface area contributed by atoms with Crippen molar-refractivity contribution >= 4 is 24.9 Å². The maximum atomic E-state index is 11.7. The number of aliphatic hydroxyl groups excluding tert-OH is 2. The van der Waals surface area contributed by atoms with Crippen LogP contribution in [0.5, 0.6) is 0 Å². The summed E-state index contributed by atoms with van der Waals surface area (Å²) in [6.45, 7) is -0.776. The van der Waals surface area contributed by atoms with Gasteiger partial charge in [0.15, 0.2) is 17.4 Å². The number of anilines is 1. The average molecular weight is 380 g/mol. The summed E-state index contributed by atoms with van der Waals surface area (Å²) in [4.78, 5) is 42.7. The smallest absolute Gasteiger partial charge is 0.790 e. The first-order valence-corrected chi connectivity index (χ1v) is 8.04. The van der Waals surface area contributed by atoms with Gasteiger partial charge in [-0.05, 0) is 0 Å². The Kier molecular flexibility index (Phi) is 7.70. The van der Waals surface area contributed by atoms with Crippen molar-refractivity contribution in [3.63, 3.8) is 0 Å². The summed E-state index contributed by atoms with van der Waals surface area (Å²) in [5.74, 6) is -0.194. The van der Waals surface area contributed by atoms with Gasteiger partial charge in [0.2, 0.25) is 5.95 Å². The van der Waals surface area contributed by atoms with E-state index in [1.54, 1.807) is 0 Å². The van der Waals surface area contributed by atoms with Crippen molar-refractivity contribution < 1.29 is 71.5 Å². The van der Waals surface area contributed by atoms with Gasteiger partial charge >= 0.3 is 37.7 Å². The minimum atomic E-state index is -5.26. The second kappa shape index (κ2) is 8.56. The number of phosphoric ester groups is 1. The number of hydrogen-bond acceptors (Lipinski definition) is 11. The minimum Gasteiger partial charge on any atom is -0.790 e. The van der Waals surface area contributed by atoms with Gasteiger partial charge in [-0.2, -0.15) is 4.98 Å². The van der Waals surface area contributed by atoms with Crippen LogP contribution < -0.4 is 58.8 Å². The first-order valence-electron chi connectivity index (χ1n) is 6.58. The van der Waals surface area contributed by atoms with E-state index in [0.29, 0.717) is 0 Å². The van der Waals surface area contributed by atoms with Crippen molar-refractivity contribution in [3.8, 4) is 0 Å². The van der Waals surface area contributed by atoms with E-state index in [4.69, 9.17) is 10.5 Å². The SMILES string of the molecule is [15NH2]c1[15n]c2c([15n]c[15n]2[C@@H]2O[C@H](COP(=O)([O-])[O-])[C@@H](O)[C@H]2O)c(=O)[15nH]1.[Li+].[Li+]. The summed E-state index contributed by atoms with van der Waals surface area (Å²) in [5, 5.41) is 20.0. The van der Waals surface area contributed by atoms with Crippen LogP contribution in [-0.4, -0.2) is 54.7 Å². The molecular formula is C10H12Li2N5O8P. The van der Waals surface area contributed by atoms with Crippen LogP contribution >= 0.6 is 7.82 Å². The van der Waals surface area contributed by atoms with E-state index in [-0.39, 0.29) is 54.8 Å². The number of imidazole rings is 1. The summed E-state index contributed by atoms with van der Waals surface area (Å²) in [6.07, 6.45) is -4.46. The zero-order valence-corrected chi connectivity index (χ0v) is 14.7. The van der Waals surface area contributed by atoms with Gasteiger partial charge < -0.3 is 39.6 Å². The molecule has 0 amide bonds. The quantitative estimate of drug-likeness (QED) is 0.222. The topological polar surface area (TPSA) is 212 Å². The first kappa shape index (κ1) is 23.4. The Balaban J connectivity index is 0.00000169. The predicted molar refractivity (Wildman–Crippen MR) is 72.0 cm³/mol. The molecule has 0 bridgehead atoms. The predicted octanol–water partition coefficient (Wildman–Crippen LogP) is -9.83. The Morgan fingerprint density at radius 1 is 1.38 bits per heavy atom. The van der Waals surface area contributed by atoms with E-state index < -0.39 is 44.5 Å². The third-order valence-corrected chi connectivity index (χ3v) is 3.92. The number of nitrogens with zero attached hydrogens (tertiary/aromatic N) is 3. The molecule has 3 rings (SSSR count). The fourth-order valence-electron chi connectivity index (χ4n) is 2.39. The van der Waals surface area contributed by atoms with Gasteiger partial charge in [0.05, 0.1) is 20.8 Å². The van der Waals surface area contributed by atoms with Crippen LogP contribution in [0.1, 0.15) is 6.23 Å². The molecule has 2 aromatic heterocycles. The number of aromatic nitrogens is 4. The van der Waals surface area contributed by atoms with Gasteiger partial charge in [0.1, 0.15) is 18.3 Å². The van der Waals surface area contributed by atoms with E-state index in [2.05, 4.69) is 19.5 Å². The Labute approximate surface area is 169 Å². The van der Waals surface area contributed by atoms with Crippen molar-refractivity contribution in [1.29, 1.82) is 0 Å². The van der Waals surface area contributed by atoms with Crippen LogP contribution in [-0.2, 0) is 13.8 Å². The van der Waals surface area contributed by atoms with E-state index in [0.717, 1.165) is 10.9 Å². The molecule has 1 fully saturated rings. The Morgan fingerprint density at radius 3 is 2.65 bits per heavy atom. The number of nitrogens with two attached hydrogens (primary N) is 1. The minimum absolute atomic E-state index is 0.